The van der Waals surface area contributed by atoms with E-state index < -0.39 is 17.9 Å². The van der Waals surface area contributed by atoms with Crippen LogP contribution in [0.2, 0.25) is 0 Å². The Morgan fingerprint density at radius 1 is 0.912 bits per heavy atom. The number of carbonyl (C=O) groups is 1. The molecule has 2 atom stereocenters. The van der Waals surface area contributed by atoms with Gasteiger partial charge in [0.15, 0.2) is 6.23 Å². The van der Waals surface area contributed by atoms with Gasteiger partial charge in [-0.15, -0.1) is 0 Å². The highest BCUT2D eigenvalue weighted by molar-refractivity contribution is 5.94. The Balaban J connectivity index is 1.62. The lowest BCUT2D eigenvalue weighted by atomic mass is 9.90. The molecule has 2 heterocycles. The highest BCUT2D eigenvalue weighted by Gasteiger charge is 2.50. The maximum absolute atomic E-state index is 13.3. The Morgan fingerprint density at radius 2 is 1.59 bits per heavy atom. The van der Waals surface area contributed by atoms with Crippen LogP contribution in [0.25, 0.3) is 11.8 Å². The van der Waals surface area contributed by atoms with Gasteiger partial charge in [-0.1, -0.05) is 90.5 Å². The predicted octanol–water partition coefficient (Wildman–Crippen LogP) is 7.31. The summed E-state index contributed by atoms with van der Waals surface area (Å²) in [4.78, 5) is 15.0. The van der Waals surface area contributed by atoms with E-state index in [0.29, 0.717) is 0 Å². The second-order valence-electron chi connectivity index (χ2n) is 9.79. The number of allylic oxidation sites excluding steroid dienone is 1. The number of carbonyl (C=O) groups excluding carboxylic acids is 1. The fourth-order valence-corrected chi connectivity index (χ4v) is 4.56. The van der Waals surface area contributed by atoms with Crippen LogP contribution in [0, 0.1) is 6.92 Å². The lowest BCUT2D eigenvalue weighted by Crippen LogP contribution is -2.42. The fraction of sp³-hybridized carbons (Fsp3) is 0.233. The summed E-state index contributed by atoms with van der Waals surface area (Å²) in [7, 11) is 0. The van der Waals surface area contributed by atoms with Gasteiger partial charge in [0, 0.05) is 11.1 Å². The third-order valence-electron chi connectivity index (χ3n) is 6.07. The molecule has 0 spiro atoms. The van der Waals surface area contributed by atoms with Crippen molar-refractivity contribution < 1.29 is 14.3 Å². The smallest absolute Gasteiger partial charge is 0.417 e. The zero-order valence-corrected chi connectivity index (χ0v) is 20.0. The van der Waals surface area contributed by atoms with Gasteiger partial charge < -0.3 is 9.47 Å². The minimum atomic E-state index is -0.605. The van der Waals surface area contributed by atoms with Gasteiger partial charge in [-0.25, -0.2) is 9.69 Å². The van der Waals surface area contributed by atoms with Crippen molar-refractivity contribution in [3.63, 3.8) is 0 Å². The van der Waals surface area contributed by atoms with Crippen molar-refractivity contribution in [3.8, 4) is 0 Å². The van der Waals surface area contributed by atoms with E-state index in [9.17, 15) is 4.79 Å². The summed E-state index contributed by atoms with van der Waals surface area (Å²) in [6, 6.07) is 26.5. The average molecular weight is 452 g/mol. The molecule has 0 bridgehead atoms. The number of hydrogen-bond acceptors (Lipinski definition) is 3. The van der Waals surface area contributed by atoms with E-state index in [-0.39, 0.29) is 5.92 Å². The molecule has 0 aromatic heterocycles. The predicted molar refractivity (Wildman–Crippen MR) is 136 cm³/mol. The molecule has 4 nitrogen and oxygen atoms in total. The molecule has 0 saturated heterocycles. The molecule has 3 aromatic rings. The maximum atomic E-state index is 13.3. The Morgan fingerprint density at radius 3 is 2.29 bits per heavy atom. The van der Waals surface area contributed by atoms with Crippen molar-refractivity contribution >= 4 is 23.6 Å². The number of aryl methyl sites for hydroxylation is 1. The number of para-hydroxylation sites is 1. The van der Waals surface area contributed by atoms with Crippen LogP contribution in [0.1, 0.15) is 48.9 Å². The van der Waals surface area contributed by atoms with E-state index in [1.807, 2.05) is 57.2 Å². The van der Waals surface area contributed by atoms with Crippen molar-refractivity contribution in [1.82, 2.24) is 0 Å². The number of anilines is 1. The van der Waals surface area contributed by atoms with E-state index in [1.165, 1.54) is 5.56 Å². The summed E-state index contributed by atoms with van der Waals surface area (Å²) in [6.07, 6.45) is 3.33. The van der Waals surface area contributed by atoms with Gasteiger partial charge in [0.1, 0.15) is 11.4 Å². The molecule has 34 heavy (non-hydrogen) atoms. The molecule has 4 heteroatoms. The molecule has 2 aliphatic heterocycles. The van der Waals surface area contributed by atoms with Gasteiger partial charge in [-0.05, 0) is 44.9 Å². The third-order valence-corrected chi connectivity index (χ3v) is 6.07. The minimum Gasteiger partial charge on any atom is -0.468 e. The van der Waals surface area contributed by atoms with Gasteiger partial charge in [-0.3, -0.25) is 0 Å². The van der Waals surface area contributed by atoms with Crippen LogP contribution in [-0.2, 0) is 9.47 Å². The molecule has 0 N–H and O–H groups in total. The molecule has 0 saturated carbocycles. The Bertz CT molecular complexity index is 1270. The van der Waals surface area contributed by atoms with E-state index in [1.54, 1.807) is 4.90 Å². The van der Waals surface area contributed by atoms with Crippen LogP contribution < -0.4 is 4.90 Å². The largest absolute Gasteiger partial charge is 0.468 e. The van der Waals surface area contributed by atoms with Gasteiger partial charge in [0.2, 0.25) is 0 Å². The maximum Gasteiger partial charge on any atom is 0.417 e. The number of hydrogen-bond donors (Lipinski definition) is 0. The van der Waals surface area contributed by atoms with Crippen LogP contribution >= 0.6 is 0 Å². The molecule has 2 aliphatic rings. The molecule has 0 aliphatic carbocycles. The zero-order chi connectivity index (χ0) is 23.9. The minimum absolute atomic E-state index is 0.111. The number of amides is 1. The van der Waals surface area contributed by atoms with Crippen LogP contribution in [0.5, 0.6) is 0 Å². The molecule has 0 unspecified atom stereocenters. The van der Waals surface area contributed by atoms with Gasteiger partial charge in [-0.2, -0.15) is 0 Å². The summed E-state index contributed by atoms with van der Waals surface area (Å²) in [5.41, 5.74) is 5.63. The number of nitrogens with zero attached hydrogens (tertiary/aromatic N) is 1. The van der Waals surface area contributed by atoms with Gasteiger partial charge in [0.05, 0.1) is 11.6 Å². The number of fused-ring (bicyclic) bond motifs is 3. The zero-order valence-electron chi connectivity index (χ0n) is 20.0. The molecule has 3 aromatic carbocycles. The van der Waals surface area contributed by atoms with Crippen molar-refractivity contribution in [2.45, 2.75) is 45.4 Å². The van der Waals surface area contributed by atoms with Crippen molar-refractivity contribution in [3.05, 3.63) is 113 Å². The molecular formula is C30H29NO3. The number of benzene rings is 3. The molecule has 0 fully saturated rings. The monoisotopic (exact) mass is 451 g/mol. The van der Waals surface area contributed by atoms with Crippen LogP contribution in [0.15, 0.2) is 90.5 Å². The quantitative estimate of drug-likeness (QED) is 0.419. The van der Waals surface area contributed by atoms with Crippen molar-refractivity contribution in [2.24, 2.45) is 0 Å². The summed E-state index contributed by atoms with van der Waals surface area (Å²) in [5.74, 6) is 0.685. The standard InChI is InChI=1S/C30H29NO3/c1-20-14-17-22(18-15-20)27-24(19-16-21-10-6-5-7-11-21)26-23-12-8-9-13-25(23)31(28(26)33-27)29(32)34-30(2,3)4/h5-19,26,28H,1-4H3/b19-16+/t26-,28+/m0/s1. The van der Waals surface area contributed by atoms with E-state index in [0.717, 1.165) is 33.7 Å². The summed E-state index contributed by atoms with van der Waals surface area (Å²) < 4.78 is 12.4. The molecular weight excluding hydrogens is 422 g/mol. The lowest BCUT2D eigenvalue weighted by molar-refractivity contribution is 0.0492. The average Bonchev–Trinajstić information content (AvgIpc) is 3.32. The highest BCUT2D eigenvalue weighted by Crippen LogP contribution is 2.53. The fourth-order valence-electron chi connectivity index (χ4n) is 4.56. The second kappa shape index (κ2) is 8.53. The Labute approximate surface area is 201 Å². The Kier molecular flexibility index (Phi) is 5.52. The van der Waals surface area contributed by atoms with Crippen LogP contribution in [-0.4, -0.2) is 17.9 Å². The normalized spacial score (nSPS) is 19.2. The SMILES string of the molecule is Cc1ccc(C2=C(/C=C/c3ccccc3)[C@@H]3c4ccccc4N(C(=O)OC(C)(C)C)[C@@H]3O2)cc1. The van der Waals surface area contributed by atoms with Gasteiger partial charge in [0.25, 0.3) is 0 Å². The molecule has 172 valence electrons. The molecule has 0 radical (unpaired) electrons. The highest BCUT2D eigenvalue weighted by atomic mass is 16.6. The van der Waals surface area contributed by atoms with Crippen LogP contribution in [0.3, 0.4) is 0 Å². The summed E-state index contributed by atoms with van der Waals surface area (Å²) >= 11 is 0. The molecule has 1 amide bonds. The summed E-state index contributed by atoms with van der Waals surface area (Å²) in [5, 5.41) is 0. The first-order chi connectivity index (χ1) is 16.3. The second-order valence-corrected chi connectivity index (χ2v) is 9.79. The van der Waals surface area contributed by atoms with Crippen molar-refractivity contribution in [1.29, 1.82) is 0 Å². The Hall–Kier alpha value is -3.79. The first kappa shape index (κ1) is 22.0. The van der Waals surface area contributed by atoms with E-state index in [2.05, 4.69) is 61.5 Å². The van der Waals surface area contributed by atoms with E-state index in [4.69, 9.17) is 9.47 Å². The number of rotatable bonds is 3. The third kappa shape index (κ3) is 4.12. The van der Waals surface area contributed by atoms with Crippen molar-refractivity contribution in [2.75, 3.05) is 4.90 Å². The van der Waals surface area contributed by atoms with E-state index >= 15 is 0 Å². The lowest BCUT2D eigenvalue weighted by Gasteiger charge is -2.28. The number of ether oxygens (including phenoxy) is 2. The molecule has 5 rings (SSSR count). The summed E-state index contributed by atoms with van der Waals surface area (Å²) in [6.45, 7) is 7.71. The topological polar surface area (TPSA) is 38.8 Å². The van der Waals surface area contributed by atoms with Gasteiger partial charge >= 0.3 is 6.09 Å². The van der Waals surface area contributed by atoms with Crippen LogP contribution in [0.4, 0.5) is 10.5 Å². The first-order valence-corrected chi connectivity index (χ1v) is 11.6. The first-order valence-electron chi connectivity index (χ1n) is 11.6.